The van der Waals surface area contributed by atoms with Crippen molar-refractivity contribution in [3.63, 3.8) is 0 Å². The molecular weight excluding hydrogens is 340 g/mol. The second-order valence-corrected chi connectivity index (χ2v) is 6.93. The van der Waals surface area contributed by atoms with Gasteiger partial charge in [0.2, 0.25) is 0 Å². The van der Waals surface area contributed by atoms with E-state index in [-0.39, 0.29) is 12.6 Å². The summed E-state index contributed by atoms with van der Waals surface area (Å²) in [6, 6.07) is 5.06. The number of allylic oxidation sites excluding steroid dienone is 4. The Morgan fingerprint density at radius 1 is 0.926 bits per heavy atom. The lowest BCUT2D eigenvalue weighted by Crippen LogP contribution is -2.06. The maximum Gasteiger partial charge on any atom is 0.338 e. The Labute approximate surface area is 163 Å². The van der Waals surface area contributed by atoms with Crippen molar-refractivity contribution in [2.45, 2.75) is 47.5 Å². The van der Waals surface area contributed by atoms with Gasteiger partial charge in [0, 0.05) is 0 Å². The Morgan fingerprint density at radius 3 is 2.26 bits per heavy atom. The normalized spacial score (nSPS) is 10.8. The molecule has 0 saturated carbocycles. The maximum absolute atomic E-state index is 12.2. The van der Waals surface area contributed by atoms with Gasteiger partial charge in [-0.1, -0.05) is 22.8 Å². The van der Waals surface area contributed by atoms with E-state index in [1.165, 1.54) is 11.1 Å². The Morgan fingerprint density at radius 2 is 1.63 bits per heavy atom. The zero-order valence-corrected chi connectivity index (χ0v) is 17.4. The standard InChI is InChI=1S/C23H32O4/c1-17(2)8-7-9-19(5)13-15-26-22-16-20(10-11-21(22)25-6)23(24)27-14-12-18(3)4/h8,10-13,16H,7,9,14-15H2,1-6H3. The topological polar surface area (TPSA) is 44.8 Å². The van der Waals surface area contributed by atoms with E-state index in [1.807, 2.05) is 19.9 Å². The first-order valence-corrected chi connectivity index (χ1v) is 9.23. The average molecular weight is 373 g/mol. The van der Waals surface area contributed by atoms with E-state index in [9.17, 15) is 4.79 Å². The van der Waals surface area contributed by atoms with Crippen LogP contribution in [0.5, 0.6) is 11.5 Å². The predicted molar refractivity (Wildman–Crippen MR) is 111 cm³/mol. The van der Waals surface area contributed by atoms with Crippen molar-refractivity contribution < 1.29 is 19.0 Å². The minimum atomic E-state index is -0.381. The lowest BCUT2D eigenvalue weighted by molar-refractivity contribution is 0.0548. The molecule has 0 atom stereocenters. The highest BCUT2D eigenvalue weighted by Gasteiger charge is 2.12. The first kappa shape index (κ1) is 22.6. The van der Waals surface area contributed by atoms with Crippen molar-refractivity contribution in [2.24, 2.45) is 0 Å². The smallest absolute Gasteiger partial charge is 0.338 e. The molecule has 1 aromatic carbocycles. The highest BCUT2D eigenvalue weighted by Crippen LogP contribution is 2.28. The monoisotopic (exact) mass is 372 g/mol. The number of methoxy groups -OCH3 is 1. The van der Waals surface area contributed by atoms with Gasteiger partial charge in [0.15, 0.2) is 11.5 Å². The SMILES string of the molecule is COc1ccc(C(=O)OCC=C(C)C)cc1OCC=C(C)CCC=C(C)C. The second kappa shape index (κ2) is 12.0. The number of esters is 1. The van der Waals surface area contributed by atoms with Crippen molar-refractivity contribution in [3.05, 3.63) is 58.7 Å². The van der Waals surface area contributed by atoms with Gasteiger partial charge >= 0.3 is 5.97 Å². The van der Waals surface area contributed by atoms with Crippen molar-refractivity contribution in [3.8, 4) is 11.5 Å². The van der Waals surface area contributed by atoms with E-state index >= 15 is 0 Å². The van der Waals surface area contributed by atoms with Crippen LogP contribution in [0.25, 0.3) is 0 Å². The molecule has 0 N–H and O–H groups in total. The minimum absolute atomic E-state index is 0.261. The lowest BCUT2D eigenvalue weighted by Gasteiger charge is -2.11. The van der Waals surface area contributed by atoms with Gasteiger partial charge in [0.25, 0.3) is 0 Å². The van der Waals surface area contributed by atoms with Gasteiger partial charge in [0.05, 0.1) is 12.7 Å². The van der Waals surface area contributed by atoms with Gasteiger partial charge in [0.1, 0.15) is 13.2 Å². The van der Waals surface area contributed by atoms with Crippen LogP contribution in [0.15, 0.2) is 53.1 Å². The number of hydrogen-bond donors (Lipinski definition) is 0. The summed E-state index contributed by atoms with van der Waals surface area (Å²) in [5.41, 5.74) is 4.14. The maximum atomic E-state index is 12.2. The molecule has 0 aliphatic rings. The third-order valence-electron chi connectivity index (χ3n) is 3.87. The second-order valence-electron chi connectivity index (χ2n) is 6.93. The molecule has 0 aliphatic carbocycles. The zero-order chi connectivity index (χ0) is 20.2. The molecule has 0 heterocycles. The fourth-order valence-corrected chi connectivity index (χ4v) is 2.25. The molecule has 148 valence electrons. The van der Waals surface area contributed by atoms with E-state index in [2.05, 4.69) is 32.9 Å². The third-order valence-corrected chi connectivity index (χ3v) is 3.87. The van der Waals surface area contributed by atoms with E-state index in [0.29, 0.717) is 23.7 Å². The van der Waals surface area contributed by atoms with E-state index in [4.69, 9.17) is 14.2 Å². The van der Waals surface area contributed by atoms with Crippen LogP contribution < -0.4 is 9.47 Å². The van der Waals surface area contributed by atoms with E-state index < -0.39 is 0 Å². The molecule has 0 spiro atoms. The van der Waals surface area contributed by atoms with Crippen molar-refractivity contribution >= 4 is 5.97 Å². The van der Waals surface area contributed by atoms with Gasteiger partial charge in [-0.3, -0.25) is 0 Å². The number of carbonyl (C=O) groups is 1. The summed E-state index contributed by atoms with van der Waals surface area (Å²) in [5.74, 6) is 0.738. The predicted octanol–water partition coefficient (Wildman–Crippen LogP) is 5.89. The van der Waals surface area contributed by atoms with Crippen LogP contribution in [0.2, 0.25) is 0 Å². The van der Waals surface area contributed by atoms with Gasteiger partial charge in [-0.25, -0.2) is 4.79 Å². The summed E-state index contributed by atoms with van der Waals surface area (Å²) in [5, 5.41) is 0. The summed E-state index contributed by atoms with van der Waals surface area (Å²) >= 11 is 0. The van der Waals surface area contributed by atoms with Crippen molar-refractivity contribution in [1.82, 2.24) is 0 Å². The van der Waals surface area contributed by atoms with Crippen LogP contribution in [-0.2, 0) is 4.74 Å². The molecular formula is C23H32O4. The van der Waals surface area contributed by atoms with Crippen molar-refractivity contribution in [1.29, 1.82) is 0 Å². The molecule has 0 unspecified atom stereocenters. The molecule has 0 saturated heterocycles. The zero-order valence-electron chi connectivity index (χ0n) is 17.4. The molecule has 0 bridgehead atoms. The Kier molecular flexibility index (Phi) is 10.0. The molecule has 0 aromatic heterocycles. The number of hydrogen-bond acceptors (Lipinski definition) is 4. The molecule has 0 fully saturated rings. The van der Waals surface area contributed by atoms with E-state index in [1.54, 1.807) is 25.3 Å². The summed E-state index contributed by atoms with van der Waals surface area (Å²) in [6.45, 7) is 10.9. The van der Waals surface area contributed by atoms with Crippen LogP contribution in [-0.4, -0.2) is 26.3 Å². The number of ether oxygens (including phenoxy) is 3. The average Bonchev–Trinajstić information content (AvgIpc) is 2.60. The summed E-state index contributed by atoms with van der Waals surface area (Å²) in [6.07, 6.45) is 8.18. The van der Waals surface area contributed by atoms with Crippen LogP contribution in [0.3, 0.4) is 0 Å². The Balaban J connectivity index is 2.71. The Bertz CT molecular complexity index is 703. The molecule has 27 heavy (non-hydrogen) atoms. The highest BCUT2D eigenvalue weighted by atomic mass is 16.5. The van der Waals surface area contributed by atoms with Crippen LogP contribution >= 0.6 is 0 Å². The molecule has 0 aliphatic heterocycles. The largest absolute Gasteiger partial charge is 0.493 e. The van der Waals surface area contributed by atoms with Crippen LogP contribution in [0, 0.1) is 0 Å². The van der Waals surface area contributed by atoms with E-state index in [0.717, 1.165) is 18.4 Å². The fraction of sp³-hybridized carbons (Fsp3) is 0.435. The lowest BCUT2D eigenvalue weighted by atomic mass is 10.1. The summed E-state index contributed by atoms with van der Waals surface area (Å²) in [7, 11) is 1.58. The molecule has 0 radical (unpaired) electrons. The first-order valence-electron chi connectivity index (χ1n) is 9.23. The van der Waals surface area contributed by atoms with Gasteiger partial charge < -0.3 is 14.2 Å². The van der Waals surface area contributed by atoms with Crippen LogP contribution in [0.4, 0.5) is 0 Å². The van der Waals surface area contributed by atoms with Gasteiger partial charge in [-0.2, -0.15) is 0 Å². The molecule has 4 nitrogen and oxygen atoms in total. The Hall–Kier alpha value is -2.49. The minimum Gasteiger partial charge on any atom is -0.493 e. The van der Waals surface area contributed by atoms with Gasteiger partial charge in [-0.05, 0) is 77.8 Å². The fourth-order valence-electron chi connectivity index (χ4n) is 2.25. The number of carbonyl (C=O) groups excluding carboxylic acids is 1. The number of benzene rings is 1. The third kappa shape index (κ3) is 9.13. The summed E-state index contributed by atoms with van der Waals surface area (Å²) in [4.78, 5) is 12.2. The number of rotatable bonds is 10. The first-order chi connectivity index (χ1) is 12.8. The molecule has 1 aromatic rings. The molecule has 4 heteroatoms. The van der Waals surface area contributed by atoms with Crippen LogP contribution in [0.1, 0.15) is 57.8 Å². The molecule has 1 rings (SSSR count). The quantitative estimate of drug-likeness (QED) is 0.379. The van der Waals surface area contributed by atoms with Crippen molar-refractivity contribution in [2.75, 3.05) is 20.3 Å². The molecule has 0 amide bonds. The van der Waals surface area contributed by atoms with Gasteiger partial charge in [-0.15, -0.1) is 0 Å². The summed E-state index contributed by atoms with van der Waals surface area (Å²) < 4.78 is 16.4. The highest BCUT2D eigenvalue weighted by molar-refractivity contribution is 5.90.